The molecular weight excluding hydrogens is 326 g/mol. The Morgan fingerprint density at radius 3 is 2.33 bits per heavy atom. The molecule has 3 rings (SSSR count). The summed E-state index contributed by atoms with van der Waals surface area (Å²) in [4.78, 5) is 4.44. The molecule has 6 nitrogen and oxygen atoms in total. The van der Waals surface area contributed by atoms with Crippen LogP contribution in [-0.4, -0.2) is 24.8 Å². The van der Waals surface area contributed by atoms with Gasteiger partial charge in [0.25, 0.3) is 0 Å². The molecule has 0 aliphatic rings. The van der Waals surface area contributed by atoms with Crippen molar-refractivity contribution in [3.8, 4) is 11.4 Å². The molecule has 0 fully saturated rings. The lowest BCUT2D eigenvalue weighted by molar-refractivity contribution is 0.371. The number of nitrogens with one attached hydrogen (secondary N) is 1. The average molecular weight is 343 g/mol. The number of hydrogen-bond acceptors (Lipinski definition) is 5. The lowest BCUT2D eigenvalue weighted by Gasteiger charge is -2.05. The Morgan fingerprint density at radius 2 is 1.71 bits per heavy atom. The Labute approximate surface area is 140 Å². The molecule has 1 atom stereocenters. The van der Waals surface area contributed by atoms with Gasteiger partial charge in [-0.15, -0.1) is 0 Å². The first kappa shape index (κ1) is 16.2. The molecule has 0 amide bonds. The highest BCUT2D eigenvalue weighted by Gasteiger charge is 2.16. The molecule has 2 aromatic carbocycles. The highest BCUT2D eigenvalue weighted by atomic mass is 32.2. The number of rotatable bonds is 5. The fourth-order valence-electron chi connectivity index (χ4n) is 2.31. The van der Waals surface area contributed by atoms with Gasteiger partial charge < -0.3 is 4.52 Å². The molecule has 0 unspecified atom stereocenters. The largest absolute Gasteiger partial charge is 0.338 e. The molecular formula is C17H17N3O3S. The summed E-state index contributed by atoms with van der Waals surface area (Å²) >= 11 is 0. The molecule has 124 valence electrons. The molecule has 0 saturated carbocycles. The van der Waals surface area contributed by atoms with Gasteiger partial charge in [-0.3, -0.25) is 4.72 Å². The van der Waals surface area contributed by atoms with Gasteiger partial charge >= 0.3 is 0 Å². The van der Waals surface area contributed by atoms with Gasteiger partial charge in [0.15, 0.2) is 0 Å². The van der Waals surface area contributed by atoms with E-state index in [0.717, 1.165) is 17.4 Å². The molecule has 0 aliphatic heterocycles. The lowest BCUT2D eigenvalue weighted by atomic mass is 10.0. The predicted molar refractivity (Wildman–Crippen MR) is 92.2 cm³/mol. The van der Waals surface area contributed by atoms with Crippen molar-refractivity contribution in [3.63, 3.8) is 0 Å². The van der Waals surface area contributed by atoms with E-state index in [9.17, 15) is 8.42 Å². The van der Waals surface area contributed by atoms with Crippen LogP contribution in [0.2, 0.25) is 0 Å². The minimum absolute atomic E-state index is 0.00127. The Morgan fingerprint density at radius 1 is 1.04 bits per heavy atom. The van der Waals surface area contributed by atoms with Gasteiger partial charge in [-0.1, -0.05) is 35.5 Å². The molecule has 3 aromatic rings. The van der Waals surface area contributed by atoms with Crippen LogP contribution in [0.3, 0.4) is 0 Å². The quantitative estimate of drug-likeness (QED) is 0.768. The lowest BCUT2D eigenvalue weighted by Crippen LogP contribution is -2.09. The minimum Gasteiger partial charge on any atom is -0.338 e. The van der Waals surface area contributed by atoms with E-state index in [-0.39, 0.29) is 5.92 Å². The number of hydrogen-bond donors (Lipinski definition) is 1. The Hall–Kier alpha value is -2.67. The van der Waals surface area contributed by atoms with Crippen LogP contribution in [0.5, 0.6) is 0 Å². The van der Waals surface area contributed by atoms with Crippen LogP contribution in [0, 0.1) is 0 Å². The van der Waals surface area contributed by atoms with Gasteiger partial charge in [-0.05, 0) is 36.8 Å². The smallest absolute Gasteiger partial charge is 0.234 e. The standard InChI is InChI=1S/C17H17N3O3S/c1-12(13-6-4-3-5-7-13)17-18-16(19-23-17)14-8-10-15(11-9-14)20-24(2,21)22/h3-12,20H,1-2H3/t12-/m1/s1. The van der Waals surface area contributed by atoms with E-state index in [1.54, 1.807) is 24.3 Å². The van der Waals surface area contributed by atoms with Crippen molar-refractivity contribution in [2.75, 3.05) is 11.0 Å². The highest BCUT2D eigenvalue weighted by Crippen LogP contribution is 2.25. The maximum Gasteiger partial charge on any atom is 0.234 e. The molecule has 0 bridgehead atoms. The molecule has 1 N–H and O–H groups in total. The summed E-state index contributed by atoms with van der Waals surface area (Å²) in [6.45, 7) is 2.01. The van der Waals surface area contributed by atoms with Gasteiger partial charge in [-0.25, -0.2) is 8.42 Å². The van der Waals surface area contributed by atoms with Crippen LogP contribution in [0.25, 0.3) is 11.4 Å². The van der Waals surface area contributed by atoms with Crippen LogP contribution in [0.4, 0.5) is 5.69 Å². The molecule has 1 aromatic heterocycles. The highest BCUT2D eigenvalue weighted by molar-refractivity contribution is 7.92. The summed E-state index contributed by atoms with van der Waals surface area (Å²) in [5.74, 6) is 1.01. The van der Waals surface area contributed by atoms with Crippen molar-refractivity contribution in [1.29, 1.82) is 0 Å². The summed E-state index contributed by atoms with van der Waals surface area (Å²) in [5.41, 5.74) is 2.34. The summed E-state index contributed by atoms with van der Waals surface area (Å²) in [6.07, 6.45) is 1.11. The zero-order chi connectivity index (χ0) is 17.2. The van der Waals surface area contributed by atoms with Crippen LogP contribution in [0.15, 0.2) is 59.1 Å². The Bertz CT molecular complexity index is 919. The van der Waals surface area contributed by atoms with Gasteiger partial charge in [-0.2, -0.15) is 4.98 Å². The number of aromatic nitrogens is 2. The predicted octanol–water partition coefficient (Wildman–Crippen LogP) is 3.26. The molecule has 0 spiro atoms. The minimum atomic E-state index is -3.29. The number of nitrogens with zero attached hydrogens (tertiary/aromatic N) is 2. The van der Waals surface area contributed by atoms with Crippen LogP contribution < -0.4 is 4.72 Å². The topological polar surface area (TPSA) is 85.1 Å². The van der Waals surface area contributed by atoms with Crippen molar-refractivity contribution in [1.82, 2.24) is 10.1 Å². The maximum absolute atomic E-state index is 11.2. The Kier molecular flexibility index (Phi) is 4.35. The fraction of sp³-hybridized carbons (Fsp3) is 0.176. The van der Waals surface area contributed by atoms with Gasteiger partial charge in [0.05, 0.1) is 12.2 Å². The molecule has 24 heavy (non-hydrogen) atoms. The number of benzene rings is 2. The zero-order valence-corrected chi connectivity index (χ0v) is 14.1. The maximum atomic E-state index is 11.2. The van der Waals surface area contributed by atoms with E-state index in [1.807, 2.05) is 37.3 Å². The summed E-state index contributed by atoms with van der Waals surface area (Å²) in [6, 6.07) is 16.7. The third kappa shape index (κ3) is 3.80. The van der Waals surface area contributed by atoms with E-state index in [4.69, 9.17) is 4.52 Å². The van der Waals surface area contributed by atoms with Crippen LogP contribution in [0.1, 0.15) is 24.3 Å². The van der Waals surface area contributed by atoms with Gasteiger partial charge in [0, 0.05) is 11.3 Å². The van der Waals surface area contributed by atoms with E-state index in [0.29, 0.717) is 17.4 Å². The monoisotopic (exact) mass is 343 g/mol. The van der Waals surface area contributed by atoms with E-state index in [2.05, 4.69) is 14.9 Å². The van der Waals surface area contributed by atoms with Crippen molar-refractivity contribution >= 4 is 15.7 Å². The SMILES string of the molecule is C[C@H](c1ccccc1)c1nc(-c2ccc(NS(C)(=O)=O)cc2)no1. The van der Waals surface area contributed by atoms with Crippen molar-refractivity contribution < 1.29 is 12.9 Å². The average Bonchev–Trinajstić information content (AvgIpc) is 3.04. The molecule has 0 radical (unpaired) electrons. The van der Waals surface area contributed by atoms with Crippen molar-refractivity contribution in [3.05, 3.63) is 66.1 Å². The summed E-state index contributed by atoms with van der Waals surface area (Å²) in [7, 11) is -3.29. The first-order valence-corrected chi connectivity index (χ1v) is 9.28. The van der Waals surface area contributed by atoms with Gasteiger partial charge in [0.1, 0.15) is 0 Å². The third-order valence-corrected chi connectivity index (χ3v) is 4.16. The van der Waals surface area contributed by atoms with Gasteiger partial charge in [0.2, 0.25) is 21.7 Å². The van der Waals surface area contributed by atoms with E-state index < -0.39 is 10.0 Å². The molecule has 0 saturated heterocycles. The van der Waals surface area contributed by atoms with Crippen molar-refractivity contribution in [2.45, 2.75) is 12.8 Å². The first-order valence-electron chi connectivity index (χ1n) is 7.39. The van der Waals surface area contributed by atoms with Crippen molar-refractivity contribution in [2.24, 2.45) is 0 Å². The van der Waals surface area contributed by atoms with Crippen LogP contribution >= 0.6 is 0 Å². The summed E-state index contributed by atoms with van der Waals surface area (Å²) in [5, 5.41) is 4.01. The molecule has 7 heteroatoms. The second kappa shape index (κ2) is 6.45. The third-order valence-electron chi connectivity index (χ3n) is 3.56. The van der Waals surface area contributed by atoms with E-state index in [1.165, 1.54) is 0 Å². The second-order valence-corrected chi connectivity index (χ2v) is 7.29. The number of anilines is 1. The molecule has 0 aliphatic carbocycles. The second-order valence-electron chi connectivity index (χ2n) is 5.54. The first-order chi connectivity index (χ1) is 11.4. The molecule has 1 heterocycles. The van der Waals surface area contributed by atoms with E-state index >= 15 is 0 Å². The normalized spacial score (nSPS) is 12.8. The fourth-order valence-corrected chi connectivity index (χ4v) is 2.88. The summed E-state index contributed by atoms with van der Waals surface area (Å²) < 4.78 is 30.2. The zero-order valence-electron chi connectivity index (χ0n) is 13.3. The van der Waals surface area contributed by atoms with Crippen LogP contribution in [-0.2, 0) is 10.0 Å². The Balaban J connectivity index is 1.80. The number of sulfonamides is 1.